The van der Waals surface area contributed by atoms with Crippen LogP contribution in [0.25, 0.3) is 0 Å². The van der Waals surface area contributed by atoms with E-state index in [1.165, 1.54) is 14.2 Å². The molecule has 0 saturated carbocycles. The van der Waals surface area contributed by atoms with Gasteiger partial charge in [0.1, 0.15) is 5.60 Å². The zero-order chi connectivity index (χ0) is 16.9. The maximum absolute atomic E-state index is 11.9. The summed E-state index contributed by atoms with van der Waals surface area (Å²) >= 11 is 0. The second-order valence-corrected chi connectivity index (χ2v) is 5.67. The largest absolute Gasteiger partial charge is 0.493 e. The highest BCUT2D eigenvalue weighted by Gasteiger charge is 2.21. The smallest absolute Gasteiger partial charge is 0.412 e. The lowest BCUT2D eigenvalue weighted by Crippen LogP contribution is -2.28. The molecule has 1 rings (SSSR count). The van der Waals surface area contributed by atoms with Gasteiger partial charge in [0.25, 0.3) is 0 Å². The Labute approximate surface area is 130 Å². The number of methoxy groups -OCH3 is 2. The predicted octanol–water partition coefficient (Wildman–Crippen LogP) is 2.04. The lowest BCUT2D eigenvalue weighted by atomic mass is 10.1. The molecule has 7 nitrogen and oxygen atoms in total. The van der Waals surface area contributed by atoms with Gasteiger partial charge in [-0.15, -0.1) is 0 Å². The number of aliphatic hydroxyl groups excluding tert-OH is 1. The number of hydrogen-bond donors (Lipinski definition) is 3. The molecule has 1 atom stereocenters. The number of nitrogens with two attached hydrogens (primary N) is 1. The third-order valence-corrected chi connectivity index (χ3v) is 2.77. The van der Waals surface area contributed by atoms with Gasteiger partial charge >= 0.3 is 6.09 Å². The molecule has 0 aliphatic carbocycles. The minimum absolute atomic E-state index is 0.00151. The average Bonchev–Trinajstić information content (AvgIpc) is 2.43. The third-order valence-electron chi connectivity index (χ3n) is 2.77. The van der Waals surface area contributed by atoms with Gasteiger partial charge in [-0.1, -0.05) is 0 Å². The molecule has 124 valence electrons. The maximum atomic E-state index is 11.9. The normalized spacial score (nSPS) is 12.5. The number of carbonyl (C=O) groups is 1. The van der Waals surface area contributed by atoms with Crippen molar-refractivity contribution >= 4 is 11.8 Å². The van der Waals surface area contributed by atoms with Crippen molar-refractivity contribution in [1.29, 1.82) is 0 Å². The fraction of sp³-hybridized carbons (Fsp3) is 0.533. The van der Waals surface area contributed by atoms with E-state index in [0.717, 1.165) is 0 Å². The fourth-order valence-corrected chi connectivity index (χ4v) is 1.82. The van der Waals surface area contributed by atoms with E-state index in [-0.39, 0.29) is 6.54 Å². The number of hydrogen-bond acceptors (Lipinski definition) is 6. The Bertz CT molecular complexity index is 525. The summed E-state index contributed by atoms with van der Waals surface area (Å²) in [7, 11) is 2.96. The predicted molar refractivity (Wildman–Crippen MR) is 83.4 cm³/mol. The average molecular weight is 312 g/mol. The summed E-state index contributed by atoms with van der Waals surface area (Å²) in [6.45, 7) is 5.28. The lowest BCUT2D eigenvalue weighted by Gasteiger charge is -2.22. The van der Waals surface area contributed by atoms with E-state index in [1.807, 2.05) is 0 Å². The minimum atomic E-state index is -0.954. The molecular weight excluding hydrogens is 288 g/mol. The summed E-state index contributed by atoms with van der Waals surface area (Å²) in [5, 5.41) is 12.6. The summed E-state index contributed by atoms with van der Waals surface area (Å²) < 4.78 is 15.6. The maximum Gasteiger partial charge on any atom is 0.412 e. The highest BCUT2D eigenvalue weighted by atomic mass is 16.6. The molecule has 0 radical (unpaired) electrons. The molecule has 4 N–H and O–H groups in total. The van der Waals surface area contributed by atoms with E-state index >= 15 is 0 Å². The summed E-state index contributed by atoms with van der Waals surface area (Å²) in [4.78, 5) is 11.9. The first kappa shape index (κ1) is 18.1. The molecule has 0 spiro atoms. The Morgan fingerprint density at radius 3 is 2.27 bits per heavy atom. The Kier molecular flexibility index (Phi) is 6.01. The van der Waals surface area contributed by atoms with Crippen molar-refractivity contribution in [3.63, 3.8) is 0 Å². The van der Waals surface area contributed by atoms with Crippen LogP contribution in [0.5, 0.6) is 11.5 Å². The number of nitrogens with one attached hydrogen (secondary N) is 1. The van der Waals surface area contributed by atoms with Crippen LogP contribution in [0, 0.1) is 0 Å². The summed E-state index contributed by atoms with van der Waals surface area (Å²) in [6, 6.07) is 3.13. The van der Waals surface area contributed by atoms with Crippen molar-refractivity contribution in [2.75, 3.05) is 26.1 Å². The first-order valence-corrected chi connectivity index (χ1v) is 6.86. The molecule has 0 aromatic heterocycles. The Morgan fingerprint density at radius 1 is 1.27 bits per heavy atom. The van der Waals surface area contributed by atoms with E-state index in [2.05, 4.69) is 5.32 Å². The van der Waals surface area contributed by atoms with Gasteiger partial charge in [0, 0.05) is 18.2 Å². The number of aliphatic hydroxyl groups is 1. The van der Waals surface area contributed by atoms with Crippen molar-refractivity contribution in [2.24, 2.45) is 5.73 Å². The Hall–Kier alpha value is -1.99. The molecule has 0 heterocycles. The molecule has 7 heteroatoms. The van der Waals surface area contributed by atoms with Crippen LogP contribution in [0.2, 0.25) is 0 Å². The van der Waals surface area contributed by atoms with Gasteiger partial charge in [-0.3, -0.25) is 5.32 Å². The monoisotopic (exact) mass is 312 g/mol. The number of carbonyl (C=O) groups excluding carboxylic acids is 1. The molecule has 0 aliphatic heterocycles. The van der Waals surface area contributed by atoms with E-state index in [0.29, 0.717) is 22.7 Å². The van der Waals surface area contributed by atoms with Crippen LogP contribution in [-0.2, 0) is 4.74 Å². The van der Waals surface area contributed by atoms with E-state index in [1.54, 1.807) is 32.9 Å². The molecule has 0 bridgehead atoms. The number of rotatable bonds is 5. The highest BCUT2D eigenvalue weighted by Crippen LogP contribution is 2.36. The minimum Gasteiger partial charge on any atom is -0.493 e. The van der Waals surface area contributed by atoms with Crippen LogP contribution >= 0.6 is 0 Å². The van der Waals surface area contributed by atoms with Gasteiger partial charge in [0.2, 0.25) is 0 Å². The molecule has 1 amide bonds. The molecule has 0 fully saturated rings. The van der Waals surface area contributed by atoms with Crippen LogP contribution in [0.1, 0.15) is 32.4 Å². The second kappa shape index (κ2) is 7.33. The van der Waals surface area contributed by atoms with Gasteiger partial charge < -0.3 is 25.1 Å². The van der Waals surface area contributed by atoms with Gasteiger partial charge in [-0.25, -0.2) is 4.79 Å². The van der Waals surface area contributed by atoms with Crippen molar-refractivity contribution in [1.82, 2.24) is 0 Å². The topological polar surface area (TPSA) is 103 Å². The molecule has 0 saturated heterocycles. The van der Waals surface area contributed by atoms with E-state index in [4.69, 9.17) is 19.9 Å². The van der Waals surface area contributed by atoms with Crippen molar-refractivity contribution < 1.29 is 24.1 Å². The van der Waals surface area contributed by atoms with Crippen LogP contribution in [0.15, 0.2) is 12.1 Å². The number of amides is 1. The number of ether oxygens (including phenoxy) is 3. The fourth-order valence-electron chi connectivity index (χ4n) is 1.82. The third kappa shape index (κ3) is 4.78. The lowest BCUT2D eigenvalue weighted by molar-refractivity contribution is 0.0635. The number of benzene rings is 1. The molecular formula is C15H24N2O5. The Balaban J connectivity index is 3.17. The van der Waals surface area contributed by atoms with Crippen molar-refractivity contribution in [2.45, 2.75) is 32.5 Å². The van der Waals surface area contributed by atoms with Crippen LogP contribution < -0.4 is 20.5 Å². The molecule has 0 unspecified atom stereocenters. The molecule has 0 aliphatic rings. The van der Waals surface area contributed by atoms with Gasteiger partial charge in [-0.2, -0.15) is 0 Å². The highest BCUT2D eigenvalue weighted by molar-refractivity contribution is 5.87. The Morgan fingerprint density at radius 2 is 1.82 bits per heavy atom. The first-order chi connectivity index (χ1) is 10.2. The van der Waals surface area contributed by atoms with Crippen LogP contribution in [0.4, 0.5) is 10.5 Å². The van der Waals surface area contributed by atoms with Gasteiger partial charge in [-0.05, 0) is 26.8 Å². The summed E-state index contributed by atoms with van der Waals surface area (Å²) in [5.41, 5.74) is 5.64. The number of anilines is 1. The van der Waals surface area contributed by atoms with Crippen molar-refractivity contribution in [3.05, 3.63) is 17.7 Å². The zero-order valence-electron chi connectivity index (χ0n) is 13.6. The zero-order valence-corrected chi connectivity index (χ0v) is 13.6. The SMILES string of the molecule is COc1cc(NC(=O)OC(C)(C)C)c([C@H](O)CN)cc1OC. The van der Waals surface area contributed by atoms with Crippen LogP contribution in [-0.4, -0.2) is 37.6 Å². The quantitative estimate of drug-likeness (QED) is 0.769. The van der Waals surface area contributed by atoms with Gasteiger partial charge in [0.15, 0.2) is 11.5 Å². The van der Waals surface area contributed by atoms with E-state index < -0.39 is 17.8 Å². The van der Waals surface area contributed by atoms with Gasteiger partial charge in [0.05, 0.1) is 26.0 Å². The second-order valence-electron chi connectivity index (χ2n) is 5.67. The molecule has 1 aromatic carbocycles. The summed E-state index contributed by atoms with van der Waals surface area (Å²) in [5.74, 6) is 0.848. The summed E-state index contributed by atoms with van der Waals surface area (Å²) in [6.07, 6.45) is -1.59. The molecule has 1 aromatic rings. The first-order valence-electron chi connectivity index (χ1n) is 6.86. The van der Waals surface area contributed by atoms with Crippen molar-refractivity contribution in [3.8, 4) is 11.5 Å². The standard InChI is InChI=1S/C15H24N2O5/c1-15(2,3)22-14(19)17-10-7-13(21-5)12(20-4)6-9(10)11(18)8-16/h6-7,11,18H,8,16H2,1-5H3,(H,17,19)/t11-/m1/s1. The van der Waals surface area contributed by atoms with E-state index in [9.17, 15) is 9.90 Å². The molecule has 22 heavy (non-hydrogen) atoms. The van der Waals surface area contributed by atoms with Crippen LogP contribution in [0.3, 0.4) is 0 Å².